The van der Waals surface area contributed by atoms with E-state index in [1.165, 1.54) is 10.9 Å². The first-order valence-electron chi connectivity index (χ1n) is 7.08. The molecule has 0 unspecified atom stereocenters. The van der Waals surface area contributed by atoms with Gasteiger partial charge in [0.15, 0.2) is 5.69 Å². The van der Waals surface area contributed by atoms with Gasteiger partial charge in [0.25, 0.3) is 5.91 Å². The van der Waals surface area contributed by atoms with E-state index in [0.29, 0.717) is 11.3 Å². The number of benzene rings is 2. The van der Waals surface area contributed by atoms with E-state index in [9.17, 15) is 4.79 Å². The Morgan fingerprint density at radius 2 is 1.96 bits per heavy atom. The Bertz CT molecular complexity index is 909. The summed E-state index contributed by atoms with van der Waals surface area (Å²) in [4.78, 5) is 12.3. The number of hydrogen-bond acceptors (Lipinski definition) is 5. The average Bonchev–Trinajstić information content (AvgIpc) is 3.12. The van der Waals surface area contributed by atoms with Crippen LogP contribution in [-0.2, 0) is 0 Å². The number of carbonyl (C=O) groups excluding carboxylic acids is 1. The number of carbonyl (C=O) groups is 1. The molecule has 1 N–H and O–H groups in total. The summed E-state index contributed by atoms with van der Waals surface area (Å²) < 4.78 is 6.59. The van der Waals surface area contributed by atoms with Crippen molar-refractivity contribution in [3.05, 3.63) is 66.0 Å². The normalized spacial score (nSPS) is 10.0. The number of nitrogens with zero attached hydrogens (tertiary/aromatic N) is 4. The number of hydrogen-bond donors (Lipinski definition) is 1. The Morgan fingerprint density at radius 1 is 1.21 bits per heavy atom. The maximum atomic E-state index is 12.3. The number of nitrogens with one attached hydrogen (secondary N) is 1. The zero-order chi connectivity index (χ0) is 16.9. The molecule has 0 saturated heterocycles. The van der Waals surface area contributed by atoms with Crippen molar-refractivity contribution < 1.29 is 9.53 Å². The Hall–Kier alpha value is -3.66. The molecular formula is C17H13N5O2. The molecule has 0 atom stereocenters. The van der Waals surface area contributed by atoms with Gasteiger partial charge in [0.2, 0.25) is 0 Å². The van der Waals surface area contributed by atoms with Crippen LogP contribution in [0.3, 0.4) is 0 Å². The summed E-state index contributed by atoms with van der Waals surface area (Å²) in [6, 6.07) is 16.0. The lowest BCUT2D eigenvalue weighted by molar-refractivity contribution is 0.102. The van der Waals surface area contributed by atoms with Crippen LogP contribution in [0.1, 0.15) is 16.1 Å². The van der Waals surface area contributed by atoms with Crippen LogP contribution in [0.2, 0.25) is 0 Å². The smallest absolute Gasteiger partial charge is 0.277 e. The molecule has 3 rings (SSSR count). The molecule has 7 heteroatoms. The van der Waals surface area contributed by atoms with E-state index >= 15 is 0 Å². The van der Waals surface area contributed by atoms with Gasteiger partial charge < -0.3 is 10.1 Å². The van der Waals surface area contributed by atoms with Crippen molar-refractivity contribution >= 4 is 11.6 Å². The van der Waals surface area contributed by atoms with Crippen LogP contribution in [0.4, 0.5) is 5.69 Å². The molecule has 24 heavy (non-hydrogen) atoms. The van der Waals surface area contributed by atoms with Crippen LogP contribution >= 0.6 is 0 Å². The molecule has 7 nitrogen and oxygen atoms in total. The number of para-hydroxylation sites is 1. The number of methoxy groups -OCH3 is 1. The number of nitriles is 1. The fourth-order valence-corrected chi connectivity index (χ4v) is 2.10. The summed E-state index contributed by atoms with van der Waals surface area (Å²) in [5.41, 5.74) is 1.72. The molecule has 118 valence electrons. The molecule has 1 aromatic heterocycles. The first-order chi connectivity index (χ1) is 11.7. The van der Waals surface area contributed by atoms with E-state index in [4.69, 9.17) is 10.00 Å². The van der Waals surface area contributed by atoms with Crippen molar-refractivity contribution in [3.8, 4) is 17.5 Å². The maximum absolute atomic E-state index is 12.3. The highest BCUT2D eigenvalue weighted by molar-refractivity contribution is 6.03. The summed E-state index contributed by atoms with van der Waals surface area (Å²) in [5.74, 6) is 0.294. The van der Waals surface area contributed by atoms with Crippen molar-refractivity contribution in [2.45, 2.75) is 0 Å². The van der Waals surface area contributed by atoms with Crippen LogP contribution in [0, 0.1) is 11.3 Å². The first kappa shape index (κ1) is 15.2. The van der Waals surface area contributed by atoms with E-state index in [0.717, 1.165) is 11.4 Å². The number of aromatic nitrogens is 3. The second-order valence-corrected chi connectivity index (χ2v) is 4.86. The minimum absolute atomic E-state index is 0.151. The first-order valence-corrected chi connectivity index (χ1v) is 7.08. The lowest BCUT2D eigenvalue weighted by Crippen LogP contribution is -2.13. The van der Waals surface area contributed by atoms with Gasteiger partial charge in [-0.1, -0.05) is 17.3 Å². The molecule has 2 aromatic carbocycles. The largest absolute Gasteiger partial charge is 0.497 e. The Kier molecular flexibility index (Phi) is 4.21. The monoisotopic (exact) mass is 319 g/mol. The Labute approximate surface area is 138 Å². The van der Waals surface area contributed by atoms with Gasteiger partial charge in [0.1, 0.15) is 11.8 Å². The molecule has 0 spiro atoms. The third kappa shape index (κ3) is 3.08. The third-order valence-corrected chi connectivity index (χ3v) is 3.36. The molecular weight excluding hydrogens is 306 g/mol. The van der Waals surface area contributed by atoms with E-state index in [1.54, 1.807) is 55.6 Å². The molecule has 3 aromatic rings. The molecule has 0 aliphatic rings. The molecule has 0 fully saturated rings. The van der Waals surface area contributed by atoms with Gasteiger partial charge in [0.05, 0.1) is 30.2 Å². The lowest BCUT2D eigenvalue weighted by atomic mass is 10.2. The van der Waals surface area contributed by atoms with Gasteiger partial charge >= 0.3 is 0 Å². The van der Waals surface area contributed by atoms with Gasteiger partial charge in [-0.05, 0) is 36.4 Å². The topological polar surface area (TPSA) is 92.8 Å². The van der Waals surface area contributed by atoms with E-state index in [-0.39, 0.29) is 5.69 Å². The lowest BCUT2D eigenvalue weighted by Gasteiger charge is -2.04. The van der Waals surface area contributed by atoms with Crippen molar-refractivity contribution in [2.24, 2.45) is 0 Å². The number of anilines is 1. The van der Waals surface area contributed by atoms with E-state index < -0.39 is 5.91 Å². The predicted octanol–water partition coefficient (Wildman–Crippen LogP) is 2.40. The molecule has 0 saturated carbocycles. The zero-order valence-electron chi connectivity index (χ0n) is 12.8. The molecule has 0 radical (unpaired) electrons. The van der Waals surface area contributed by atoms with Gasteiger partial charge in [-0.3, -0.25) is 4.79 Å². The van der Waals surface area contributed by atoms with Crippen molar-refractivity contribution in [2.75, 3.05) is 12.4 Å². The molecule has 0 bridgehead atoms. The summed E-state index contributed by atoms with van der Waals surface area (Å²) >= 11 is 0. The Balaban J connectivity index is 1.79. The van der Waals surface area contributed by atoms with Crippen LogP contribution in [0.25, 0.3) is 5.69 Å². The summed E-state index contributed by atoms with van der Waals surface area (Å²) in [7, 11) is 1.59. The van der Waals surface area contributed by atoms with Gasteiger partial charge in [-0.2, -0.15) is 5.26 Å². The number of amides is 1. The van der Waals surface area contributed by atoms with Crippen molar-refractivity contribution in [3.63, 3.8) is 0 Å². The second kappa shape index (κ2) is 6.62. The summed E-state index contributed by atoms with van der Waals surface area (Å²) in [6.45, 7) is 0. The molecule has 0 aliphatic carbocycles. The highest BCUT2D eigenvalue weighted by Crippen LogP contribution is 2.16. The predicted molar refractivity (Wildman–Crippen MR) is 87.0 cm³/mol. The molecule has 0 aliphatic heterocycles. The second-order valence-electron chi connectivity index (χ2n) is 4.86. The standard InChI is InChI=1S/C17H13N5O2/c1-24-14-8-6-13(7-9-14)22-11-16(20-21-22)17(23)19-15-5-3-2-4-12(15)10-18/h2-9,11H,1H3,(H,19,23). The van der Waals surface area contributed by atoms with Crippen LogP contribution < -0.4 is 10.1 Å². The van der Waals surface area contributed by atoms with Gasteiger partial charge in [-0.15, -0.1) is 5.10 Å². The number of ether oxygens (including phenoxy) is 1. The highest BCUT2D eigenvalue weighted by atomic mass is 16.5. The molecule has 1 amide bonds. The van der Waals surface area contributed by atoms with Gasteiger partial charge in [0, 0.05) is 0 Å². The van der Waals surface area contributed by atoms with Crippen molar-refractivity contribution in [1.29, 1.82) is 5.26 Å². The quantitative estimate of drug-likeness (QED) is 0.797. The molecule has 1 heterocycles. The maximum Gasteiger partial charge on any atom is 0.277 e. The van der Waals surface area contributed by atoms with Crippen molar-refractivity contribution in [1.82, 2.24) is 15.0 Å². The zero-order valence-corrected chi connectivity index (χ0v) is 12.8. The van der Waals surface area contributed by atoms with E-state index in [1.807, 2.05) is 6.07 Å². The van der Waals surface area contributed by atoms with Crippen LogP contribution in [0.15, 0.2) is 54.7 Å². The average molecular weight is 319 g/mol. The minimum Gasteiger partial charge on any atom is -0.497 e. The van der Waals surface area contributed by atoms with E-state index in [2.05, 4.69) is 15.6 Å². The third-order valence-electron chi connectivity index (χ3n) is 3.36. The van der Waals surface area contributed by atoms with Gasteiger partial charge in [-0.25, -0.2) is 4.68 Å². The van der Waals surface area contributed by atoms with Crippen LogP contribution in [0.5, 0.6) is 5.75 Å². The fourth-order valence-electron chi connectivity index (χ4n) is 2.10. The highest BCUT2D eigenvalue weighted by Gasteiger charge is 2.13. The Morgan fingerprint density at radius 3 is 2.67 bits per heavy atom. The fraction of sp³-hybridized carbons (Fsp3) is 0.0588. The summed E-state index contributed by atoms with van der Waals surface area (Å²) in [6.07, 6.45) is 1.52. The SMILES string of the molecule is COc1ccc(-n2cc(C(=O)Nc3ccccc3C#N)nn2)cc1. The minimum atomic E-state index is -0.433. The summed E-state index contributed by atoms with van der Waals surface area (Å²) in [5, 5.41) is 19.5. The number of rotatable bonds is 4. The van der Waals surface area contributed by atoms with Crippen LogP contribution in [-0.4, -0.2) is 28.0 Å².